The number of unbranched alkanes of at least 4 members (excludes halogenated alkanes) is 2. The summed E-state index contributed by atoms with van der Waals surface area (Å²) in [5.41, 5.74) is 0. The van der Waals surface area contributed by atoms with E-state index in [-0.39, 0.29) is 0 Å². The Kier molecular flexibility index (Phi) is 9.56. The molecule has 1 atom stereocenters. The Labute approximate surface area is 83.6 Å². The average Bonchev–Trinajstić information content (AvgIpc) is 2.16. The van der Waals surface area contributed by atoms with Crippen LogP contribution in [0, 0.1) is 5.92 Å². The second kappa shape index (κ2) is 9.79. The first-order chi connectivity index (χ1) is 6.31. The number of nitrogens with one attached hydrogen (secondary N) is 1. The molecule has 0 saturated carbocycles. The largest absolute Gasteiger partial charge is 0.317 e. The molecule has 1 heteroatoms. The van der Waals surface area contributed by atoms with Crippen LogP contribution in [0.3, 0.4) is 0 Å². The maximum Gasteiger partial charge on any atom is -0.00489 e. The Morgan fingerprint density at radius 2 is 2.00 bits per heavy atom. The summed E-state index contributed by atoms with van der Waals surface area (Å²) < 4.78 is 0. The summed E-state index contributed by atoms with van der Waals surface area (Å²) >= 11 is 0. The van der Waals surface area contributed by atoms with Gasteiger partial charge in [0, 0.05) is 0 Å². The third-order valence-electron chi connectivity index (χ3n) is 2.33. The van der Waals surface area contributed by atoms with Crippen LogP contribution in [0.4, 0.5) is 0 Å². The topological polar surface area (TPSA) is 12.0 Å². The van der Waals surface area contributed by atoms with Gasteiger partial charge in [0.1, 0.15) is 0 Å². The summed E-state index contributed by atoms with van der Waals surface area (Å²) in [5, 5.41) is 3.34. The van der Waals surface area contributed by atoms with E-state index in [2.05, 4.69) is 38.2 Å². The lowest BCUT2D eigenvalue weighted by atomic mass is 10.1. The molecule has 0 aromatic rings. The molecular formula is C12H25N. The molecule has 1 nitrogen and oxygen atoms in total. The molecule has 13 heavy (non-hydrogen) atoms. The Balaban J connectivity index is 3.10. The first-order valence-corrected chi connectivity index (χ1v) is 5.68. The lowest BCUT2D eigenvalue weighted by Gasteiger charge is -2.00. The summed E-state index contributed by atoms with van der Waals surface area (Å²) in [6.45, 7) is 8.94. The molecule has 0 aromatic heterocycles. The van der Waals surface area contributed by atoms with Crippen LogP contribution in [-0.4, -0.2) is 13.1 Å². The van der Waals surface area contributed by atoms with Gasteiger partial charge in [0.2, 0.25) is 0 Å². The maximum absolute atomic E-state index is 3.34. The summed E-state index contributed by atoms with van der Waals surface area (Å²) in [6.07, 6.45) is 9.80. The van der Waals surface area contributed by atoms with E-state index in [1.807, 2.05) is 0 Å². The van der Waals surface area contributed by atoms with E-state index in [1.54, 1.807) is 0 Å². The zero-order chi connectivity index (χ0) is 9.94. The van der Waals surface area contributed by atoms with Crippen LogP contribution in [0.5, 0.6) is 0 Å². The fourth-order valence-corrected chi connectivity index (χ4v) is 1.15. The highest BCUT2D eigenvalue weighted by molar-refractivity contribution is 4.85. The molecule has 0 aliphatic heterocycles. The molecule has 0 aliphatic carbocycles. The predicted octanol–water partition coefficient (Wildman–Crippen LogP) is 3.37. The van der Waals surface area contributed by atoms with E-state index in [1.165, 1.54) is 32.2 Å². The monoisotopic (exact) mass is 183 g/mol. The van der Waals surface area contributed by atoms with Gasteiger partial charge >= 0.3 is 0 Å². The maximum atomic E-state index is 3.34. The van der Waals surface area contributed by atoms with Crippen molar-refractivity contribution < 1.29 is 0 Å². The van der Waals surface area contributed by atoms with Gasteiger partial charge in [0.25, 0.3) is 0 Å². The molecule has 0 amide bonds. The average molecular weight is 183 g/mol. The predicted molar refractivity (Wildman–Crippen MR) is 61.0 cm³/mol. The van der Waals surface area contributed by atoms with Crippen molar-refractivity contribution >= 4 is 0 Å². The lowest BCUT2D eigenvalue weighted by molar-refractivity contribution is 0.642. The van der Waals surface area contributed by atoms with Gasteiger partial charge in [-0.2, -0.15) is 0 Å². The standard InChI is InChI=1S/C12H25N/c1-4-12(3)10-8-6-7-9-11-13-5-2/h8,10,12-13H,4-7,9,11H2,1-3H3/b10-8-. The van der Waals surface area contributed by atoms with Gasteiger partial charge in [0.05, 0.1) is 0 Å². The second-order valence-electron chi connectivity index (χ2n) is 3.66. The quantitative estimate of drug-likeness (QED) is 0.449. The second-order valence-corrected chi connectivity index (χ2v) is 3.66. The van der Waals surface area contributed by atoms with E-state index in [0.717, 1.165) is 12.5 Å². The van der Waals surface area contributed by atoms with Crippen LogP contribution in [0.2, 0.25) is 0 Å². The highest BCUT2D eigenvalue weighted by Crippen LogP contribution is 2.04. The SMILES string of the molecule is CCNCCCC/C=C\C(C)CC. The van der Waals surface area contributed by atoms with Gasteiger partial charge in [-0.15, -0.1) is 0 Å². The molecule has 0 radical (unpaired) electrons. The Morgan fingerprint density at radius 1 is 1.23 bits per heavy atom. The molecule has 0 fully saturated rings. The van der Waals surface area contributed by atoms with Crippen molar-refractivity contribution in [3.63, 3.8) is 0 Å². The van der Waals surface area contributed by atoms with Crippen molar-refractivity contribution in [2.24, 2.45) is 5.92 Å². The molecule has 0 rings (SSSR count). The van der Waals surface area contributed by atoms with Gasteiger partial charge in [-0.25, -0.2) is 0 Å². The molecule has 0 saturated heterocycles. The van der Waals surface area contributed by atoms with E-state index in [9.17, 15) is 0 Å². The minimum atomic E-state index is 0.758. The third-order valence-corrected chi connectivity index (χ3v) is 2.33. The van der Waals surface area contributed by atoms with Crippen molar-refractivity contribution in [3.05, 3.63) is 12.2 Å². The molecule has 0 aliphatic rings. The van der Waals surface area contributed by atoms with Crippen molar-refractivity contribution in [2.75, 3.05) is 13.1 Å². The smallest absolute Gasteiger partial charge is 0.00489 e. The first-order valence-electron chi connectivity index (χ1n) is 5.68. The normalized spacial score (nSPS) is 13.8. The molecule has 78 valence electrons. The van der Waals surface area contributed by atoms with Crippen LogP contribution < -0.4 is 5.32 Å². The van der Waals surface area contributed by atoms with Crippen molar-refractivity contribution in [1.29, 1.82) is 0 Å². The highest BCUT2D eigenvalue weighted by Gasteiger charge is 1.90. The van der Waals surface area contributed by atoms with Crippen molar-refractivity contribution in [3.8, 4) is 0 Å². The Morgan fingerprint density at radius 3 is 2.62 bits per heavy atom. The third kappa shape index (κ3) is 9.62. The van der Waals surface area contributed by atoms with Gasteiger partial charge in [-0.05, 0) is 38.3 Å². The van der Waals surface area contributed by atoms with Crippen LogP contribution in [0.25, 0.3) is 0 Å². The van der Waals surface area contributed by atoms with Crippen LogP contribution in [-0.2, 0) is 0 Å². The zero-order valence-corrected chi connectivity index (χ0v) is 9.47. The number of allylic oxidation sites excluding steroid dienone is 2. The summed E-state index contributed by atoms with van der Waals surface area (Å²) in [6, 6.07) is 0. The fourth-order valence-electron chi connectivity index (χ4n) is 1.15. The molecule has 0 spiro atoms. The minimum Gasteiger partial charge on any atom is -0.317 e. The van der Waals surface area contributed by atoms with E-state index in [0.29, 0.717) is 0 Å². The van der Waals surface area contributed by atoms with Gasteiger partial charge in [-0.1, -0.05) is 39.3 Å². The zero-order valence-electron chi connectivity index (χ0n) is 9.47. The first kappa shape index (κ1) is 12.7. The lowest BCUT2D eigenvalue weighted by Crippen LogP contribution is -2.13. The molecule has 1 unspecified atom stereocenters. The molecule has 0 aromatic carbocycles. The van der Waals surface area contributed by atoms with Gasteiger partial charge in [0.15, 0.2) is 0 Å². The van der Waals surface area contributed by atoms with Crippen LogP contribution in [0.1, 0.15) is 46.5 Å². The van der Waals surface area contributed by atoms with Gasteiger partial charge < -0.3 is 5.32 Å². The number of hydrogen-bond donors (Lipinski definition) is 1. The summed E-state index contributed by atoms with van der Waals surface area (Å²) in [5.74, 6) is 0.758. The fraction of sp³-hybridized carbons (Fsp3) is 0.833. The van der Waals surface area contributed by atoms with E-state index in [4.69, 9.17) is 0 Å². The molecule has 0 bridgehead atoms. The van der Waals surface area contributed by atoms with E-state index >= 15 is 0 Å². The van der Waals surface area contributed by atoms with Crippen molar-refractivity contribution in [2.45, 2.75) is 46.5 Å². The Bertz CT molecular complexity index is 118. The summed E-state index contributed by atoms with van der Waals surface area (Å²) in [4.78, 5) is 0. The van der Waals surface area contributed by atoms with Gasteiger partial charge in [-0.3, -0.25) is 0 Å². The van der Waals surface area contributed by atoms with Crippen molar-refractivity contribution in [1.82, 2.24) is 5.32 Å². The minimum absolute atomic E-state index is 0.758. The molecule has 1 N–H and O–H groups in total. The van der Waals surface area contributed by atoms with E-state index < -0.39 is 0 Å². The van der Waals surface area contributed by atoms with Crippen LogP contribution in [0.15, 0.2) is 12.2 Å². The number of hydrogen-bond acceptors (Lipinski definition) is 1. The summed E-state index contributed by atoms with van der Waals surface area (Å²) in [7, 11) is 0. The molecular weight excluding hydrogens is 158 g/mol. The number of rotatable bonds is 8. The highest BCUT2D eigenvalue weighted by atomic mass is 14.8. The Hall–Kier alpha value is -0.300. The molecule has 0 heterocycles. The van der Waals surface area contributed by atoms with Crippen LogP contribution >= 0.6 is 0 Å².